The summed E-state index contributed by atoms with van der Waals surface area (Å²) in [6.07, 6.45) is 3.49. The molecule has 1 saturated heterocycles. The topological polar surface area (TPSA) is 152 Å². The number of aliphatic hydroxyl groups excluding tert-OH is 1. The molecule has 4 heterocycles. The summed E-state index contributed by atoms with van der Waals surface area (Å²) in [6.45, 7) is 4.80. The molecule has 3 aromatic rings. The summed E-state index contributed by atoms with van der Waals surface area (Å²) in [5.74, 6) is 1.60. The molecule has 0 bridgehead atoms. The van der Waals surface area contributed by atoms with E-state index in [0.29, 0.717) is 60.6 Å². The van der Waals surface area contributed by atoms with Crippen LogP contribution in [-0.4, -0.2) is 53.9 Å². The van der Waals surface area contributed by atoms with E-state index in [4.69, 9.17) is 9.97 Å². The highest BCUT2D eigenvalue weighted by Crippen LogP contribution is 2.38. The van der Waals surface area contributed by atoms with Gasteiger partial charge >= 0.3 is 0 Å². The van der Waals surface area contributed by atoms with Gasteiger partial charge in [0.05, 0.1) is 23.7 Å². The fourth-order valence-electron chi connectivity index (χ4n) is 4.47. The second-order valence-electron chi connectivity index (χ2n) is 9.02. The third-order valence-electron chi connectivity index (χ3n) is 6.29. The first-order valence-corrected chi connectivity index (χ1v) is 11.5. The second kappa shape index (κ2) is 8.90. The number of carbonyl (C=O) groups excluding carboxylic acids is 1. The largest absolute Gasteiger partial charge is 0.493 e. The molecule has 3 aromatic heterocycles. The van der Waals surface area contributed by atoms with Crippen molar-refractivity contribution in [2.45, 2.75) is 57.6 Å². The van der Waals surface area contributed by atoms with Gasteiger partial charge in [-0.15, -0.1) is 0 Å². The first-order valence-electron chi connectivity index (χ1n) is 11.5. The van der Waals surface area contributed by atoms with Crippen LogP contribution in [0.25, 0.3) is 0 Å². The summed E-state index contributed by atoms with van der Waals surface area (Å²) in [4.78, 5) is 28.2. The minimum absolute atomic E-state index is 0.105. The highest BCUT2D eigenvalue weighted by molar-refractivity contribution is 5.97. The van der Waals surface area contributed by atoms with E-state index in [2.05, 4.69) is 39.7 Å². The highest BCUT2D eigenvalue weighted by atomic mass is 16.3. The number of aryl methyl sites for hydroxylation is 1. The average Bonchev–Trinajstić information content (AvgIpc) is 3.55. The van der Waals surface area contributed by atoms with Crippen molar-refractivity contribution in [1.82, 2.24) is 25.1 Å². The Morgan fingerprint density at radius 3 is 2.85 bits per heavy atom. The molecule has 0 saturated carbocycles. The van der Waals surface area contributed by atoms with Crippen LogP contribution in [0, 0.1) is 0 Å². The van der Waals surface area contributed by atoms with E-state index in [1.807, 2.05) is 11.0 Å². The van der Waals surface area contributed by atoms with Crippen molar-refractivity contribution in [3.8, 4) is 5.88 Å². The van der Waals surface area contributed by atoms with Gasteiger partial charge in [0.2, 0.25) is 17.7 Å². The van der Waals surface area contributed by atoms with E-state index in [1.165, 1.54) is 12.3 Å². The normalized spacial score (nSPS) is 19.5. The van der Waals surface area contributed by atoms with Crippen LogP contribution in [-0.2, 0) is 11.2 Å². The van der Waals surface area contributed by atoms with Crippen LogP contribution < -0.4 is 15.5 Å². The number of pyridine rings is 1. The summed E-state index contributed by atoms with van der Waals surface area (Å²) in [6, 6.07) is 4.51. The lowest BCUT2D eigenvalue weighted by Gasteiger charge is -2.25. The third-order valence-corrected chi connectivity index (χ3v) is 6.29. The highest BCUT2D eigenvalue weighted by Gasteiger charge is 2.35. The number of rotatable bonds is 6. The molecule has 1 amide bonds. The molecule has 2 aliphatic rings. The first kappa shape index (κ1) is 22.1. The Morgan fingerprint density at radius 2 is 2.12 bits per heavy atom. The molecule has 11 heteroatoms. The van der Waals surface area contributed by atoms with Crippen molar-refractivity contribution in [3.63, 3.8) is 0 Å². The lowest BCUT2D eigenvalue weighted by molar-refractivity contribution is -0.117. The van der Waals surface area contributed by atoms with Crippen LogP contribution in [0.2, 0.25) is 0 Å². The monoisotopic (exact) mass is 464 g/mol. The summed E-state index contributed by atoms with van der Waals surface area (Å²) >= 11 is 0. The number of aromatic nitrogens is 5. The number of aliphatic hydroxyl groups is 1. The Bertz CT molecular complexity index is 1190. The molecular formula is C23H28N8O3. The number of anilines is 4. The second-order valence-corrected chi connectivity index (χ2v) is 9.02. The minimum Gasteiger partial charge on any atom is -0.493 e. The Hall–Kier alpha value is -3.73. The van der Waals surface area contributed by atoms with Crippen LogP contribution in [0.1, 0.15) is 62.1 Å². The Morgan fingerprint density at radius 1 is 1.26 bits per heavy atom. The lowest BCUT2D eigenvalue weighted by Crippen LogP contribution is -2.40. The van der Waals surface area contributed by atoms with Crippen LogP contribution in [0.5, 0.6) is 5.88 Å². The molecule has 0 spiro atoms. The van der Waals surface area contributed by atoms with Crippen LogP contribution in [0.15, 0.2) is 24.4 Å². The Labute approximate surface area is 196 Å². The number of aromatic hydroxyl groups is 1. The molecule has 1 aliphatic carbocycles. The molecule has 34 heavy (non-hydrogen) atoms. The van der Waals surface area contributed by atoms with E-state index < -0.39 is 12.1 Å². The maximum Gasteiger partial charge on any atom is 0.247 e. The maximum atomic E-state index is 13.0. The zero-order chi connectivity index (χ0) is 23.8. The van der Waals surface area contributed by atoms with E-state index >= 15 is 0 Å². The molecular weight excluding hydrogens is 436 g/mol. The van der Waals surface area contributed by atoms with Gasteiger partial charge in [-0.2, -0.15) is 10.1 Å². The van der Waals surface area contributed by atoms with Gasteiger partial charge in [0.15, 0.2) is 5.82 Å². The molecule has 178 valence electrons. The van der Waals surface area contributed by atoms with Crippen LogP contribution in [0.4, 0.5) is 23.3 Å². The predicted molar refractivity (Wildman–Crippen MR) is 126 cm³/mol. The van der Waals surface area contributed by atoms with E-state index in [-0.39, 0.29) is 11.8 Å². The molecule has 1 unspecified atom stereocenters. The van der Waals surface area contributed by atoms with Crippen molar-refractivity contribution in [3.05, 3.63) is 41.3 Å². The zero-order valence-electron chi connectivity index (χ0n) is 19.1. The minimum atomic E-state index is -0.644. The van der Waals surface area contributed by atoms with Crippen LogP contribution in [0.3, 0.4) is 0 Å². The molecule has 1 aliphatic heterocycles. The molecule has 5 rings (SSSR count). The van der Waals surface area contributed by atoms with Crippen molar-refractivity contribution in [1.29, 1.82) is 0 Å². The number of nitrogens with zero attached hydrogens (tertiary/aromatic N) is 5. The summed E-state index contributed by atoms with van der Waals surface area (Å²) in [5.41, 5.74) is 2.98. The molecule has 5 N–H and O–H groups in total. The standard InChI is InChI=1S/C23H28N8O3/c1-12(2)15-10-18(30-29-15)27-21-20-14(6-7-17(20)32)26-23(28-21)31-9-3-4-16(31)22(34)25-13-5-8-19(33)24-11-13/h5,8,10-12,16-17,32H,3-4,6-7,9H2,1-2H3,(H,24,33)(H,25,34)(H2,26,27,28,29,30)/t16-,17?/m1/s1. The van der Waals surface area contributed by atoms with E-state index in [1.54, 1.807) is 6.07 Å². The lowest BCUT2D eigenvalue weighted by atomic mass is 10.1. The quantitative estimate of drug-likeness (QED) is 0.371. The fraction of sp³-hybridized carbons (Fsp3) is 0.435. The number of hydrogen-bond donors (Lipinski definition) is 5. The van der Waals surface area contributed by atoms with Gasteiger partial charge in [-0.25, -0.2) is 9.97 Å². The third kappa shape index (κ3) is 4.26. The van der Waals surface area contributed by atoms with Gasteiger partial charge in [-0.1, -0.05) is 13.8 Å². The van der Waals surface area contributed by atoms with Gasteiger partial charge in [-0.05, 0) is 37.7 Å². The molecule has 2 atom stereocenters. The van der Waals surface area contributed by atoms with Gasteiger partial charge in [0.25, 0.3) is 0 Å². The smallest absolute Gasteiger partial charge is 0.247 e. The van der Waals surface area contributed by atoms with Gasteiger partial charge in [0, 0.05) is 29.9 Å². The van der Waals surface area contributed by atoms with Crippen molar-refractivity contribution >= 4 is 29.2 Å². The average molecular weight is 465 g/mol. The summed E-state index contributed by atoms with van der Waals surface area (Å²) in [7, 11) is 0. The number of hydrogen-bond acceptors (Lipinski definition) is 9. The number of carbonyl (C=O) groups is 1. The van der Waals surface area contributed by atoms with Crippen molar-refractivity contribution < 1.29 is 15.0 Å². The number of nitrogens with one attached hydrogen (secondary N) is 3. The van der Waals surface area contributed by atoms with Gasteiger partial charge in [0.1, 0.15) is 11.9 Å². The Balaban J connectivity index is 1.42. The summed E-state index contributed by atoms with van der Waals surface area (Å²) in [5, 5.41) is 33.4. The number of fused-ring (bicyclic) bond motifs is 1. The molecule has 11 nitrogen and oxygen atoms in total. The summed E-state index contributed by atoms with van der Waals surface area (Å²) < 4.78 is 0. The first-order chi connectivity index (χ1) is 16.4. The van der Waals surface area contributed by atoms with Gasteiger partial charge in [-0.3, -0.25) is 9.89 Å². The molecule has 0 radical (unpaired) electrons. The number of amides is 1. The SMILES string of the molecule is CC(C)c1cc(Nc2nc(N3CCC[C@@H]3C(=O)Nc3ccc(O)nc3)nc3c2C(O)CC3)n[nH]1. The predicted octanol–water partition coefficient (Wildman–Crippen LogP) is 2.75. The van der Waals surface area contributed by atoms with Crippen molar-refractivity contribution in [2.24, 2.45) is 0 Å². The van der Waals surface area contributed by atoms with Gasteiger partial charge < -0.3 is 25.7 Å². The zero-order valence-corrected chi connectivity index (χ0v) is 19.1. The maximum absolute atomic E-state index is 13.0. The van der Waals surface area contributed by atoms with Crippen LogP contribution >= 0.6 is 0 Å². The molecule has 1 fully saturated rings. The Kier molecular flexibility index (Phi) is 5.78. The number of aromatic amines is 1. The van der Waals surface area contributed by atoms with E-state index in [0.717, 1.165) is 17.8 Å². The van der Waals surface area contributed by atoms with E-state index in [9.17, 15) is 15.0 Å². The fourth-order valence-corrected chi connectivity index (χ4v) is 4.47. The number of H-pyrrole nitrogens is 1. The van der Waals surface area contributed by atoms with Crippen molar-refractivity contribution in [2.75, 3.05) is 22.1 Å². The molecule has 0 aromatic carbocycles.